The molecule has 0 aliphatic rings. The molecule has 0 rings (SSSR count). The molecule has 0 bridgehead atoms. The molecule has 0 aliphatic heterocycles. The molecule has 1 unspecified atom stereocenters. The lowest BCUT2D eigenvalue weighted by Gasteiger charge is -2.30. The Morgan fingerprint density at radius 1 is 1.28 bits per heavy atom. The molecular weight excluding hydrogens is 228 g/mol. The van der Waals surface area contributed by atoms with E-state index in [9.17, 15) is 4.79 Å². The second-order valence-electron chi connectivity index (χ2n) is 6.41. The van der Waals surface area contributed by atoms with Crippen LogP contribution >= 0.6 is 0 Å². The number of nitrogens with two attached hydrogens (primary N) is 1. The molecule has 0 saturated carbocycles. The molecular formula is C14H30N2O2. The standard InChI is InChI=1S/C14H30N2O2/c1-11(2)10-18-16-13(17)7-6-12(8-9-15)14(3,4)5/h11-12H,6-10,15H2,1-5H3,(H,16,17). The third-order valence-electron chi connectivity index (χ3n) is 3.06. The average molecular weight is 258 g/mol. The molecule has 0 aromatic carbocycles. The van der Waals surface area contributed by atoms with Crippen LogP contribution in [0.5, 0.6) is 0 Å². The first-order chi connectivity index (χ1) is 8.27. The van der Waals surface area contributed by atoms with E-state index in [2.05, 4.69) is 26.3 Å². The molecule has 108 valence electrons. The summed E-state index contributed by atoms with van der Waals surface area (Å²) >= 11 is 0. The number of carbonyl (C=O) groups excluding carboxylic acids is 1. The lowest BCUT2D eigenvalue weighted by Crippen LogP contribution is -2.28. The number of rotatable bonds is 8. The van der Waals surface area contributed by atoms with Crippen molar-refractivity contribution in [3.05, 3.63) is 0 Å². The van der Waals surface area contributed by atoms with E-state index in [1.807, 2.05) is 13.8 Å². The van der Waals surface area contributed by atoms with Crippen LogP contribution in [0.1, 0.15) is 53.9 Å². The number of hydrogen-bond acceptors (Lipinski definition) is 3. The quantitative estimate of drug-likeness (QED) is 0.657. The molecule has 0 aromatic heterocycles. The highest BCUT2D eigenvalue weighted by atomic mass is 16.6. The number of nitrogens with one attached hydrogen (secondary N) is 1. The highest BCUT2D eigenvalue weighted by molar-refractivity contribution is 5.74. The van der Waals surface area contributed by atoms with E-state index < -0.39 is 0 Å². The lowest BCUT2D eigenvalue weighted by atomic mass is 9.76. The highest BCUT2D eigenvalue weighted by Gasteiger charge is 2.24. The van der Waals surface area contributed by atoms with Gasteiger partial charge in [-0.05, 0) is 36.6 Å². The number of hydrogen-bond donors (Lipinski definition) is 2. The first-order valence-corrected chi connectivity index (χ1v) is 6.88. The van der Waals surface area contributed by atoms with Gasteiger partial charge in [-0.3, -0.25) is 9.63 Å². The second kappa shape index (κ2) is 8.48. The number of amides is 1. The molecule has 1 amide bonds. The summed E-state index contributed by atoms with van der Waals surface area (Å²) in [7, 11) is 0. The van der Waals surface area contributed by atoms with Gasteiger partial charge < -0.3 is 5.73 Å². The van der Waals surface area contributed by atoms with Crippen LogP contribution in [0.4, 0.5) is 0 Å². The Bertz CT molecular complexity index is 234. The van der Waals surface area contributed by atoms with Crippen LogP contribution in [0.3, 0.4) is 0 Å². The Kier molecular flexibility index (Phi) is 8.20. The van der Waals surface area contributed by atoms with Crippen molar-refractivity contribution in [3.8, 4) is 0 Å². The van der Waals surface area contributed by atoms with E-state index in [-0.39, 0.29) is 11.3 Å². The Labute approximate surface area is 112 Å². The van der Waals surface area contributed by atoms with Gasteiger partial charge in [-0.1, -0.05) is 34.6 Å². The van der Waals surface area contributed by atoms with Crippen molar-refractivity contribution < 1.29 is 9.63 Å². The SMILES string of the molecule is CC(C)CONC(=O)CCC(CCN)C(C)(C)C. The van der Waals surface area contributed by atoms with Gasteiger partial charge in [0.1, 0.15) is 0 Å². The van der Waals surface area contributed by atoms with Crippen molar-refractivity contribution in [2.45, 2.75) is 53.9 Å². The molecule has 18 heavy (non-hydrogen) atoms. The van der Waals surface area contributed by atoms with Gasteiger partial charge >= 0.3 is 0 Å². The van der Waals surface area contributed by atoms with Gasteiger partial charge in [0, 0.05) is 6.42 Å². The number of carbonyl (C=O) groups is 1. The van der Waals surface area contributed by atoms with Crippen molar-refractivity contribution in [1.82, 2.24) is 5.48 Å². The van der Waals surface area contributed by atoms with Crippen molar-refractivity contribution in [1.29, 1.82) is 0 Å². The van der Waals surface area contributed by atoms with Crippen molar-refractivity contribution >= 4 is 5.91 Å². The van der Waals surface area contributed by atoms with E-state index in [1.54, 1.807) is 0 Å². The van der Waals surface area contributed by atoms with Crippen LogP contribution in [-0.4, -0.2) is 19.1 Å². The molecule has 0 aliphatic carbocycles. The molecule has 0 aromatic rings. The summed E-state index contributed by atoms with van der Waals surface area (Å²) in [5.41, 5.74) is 8.31. The molecule has 4 heteroatoms. The van der Waals surface area contributed by atoms with Crippen LogP contribution < -0.4 is 11.2 Å². The first kappa shape index (κ1) is 17.4. The Balaban J connectivity index is 3.93. The fourth-order valence-electron chi connectivity index (χ4n) is 1.86. The predicted octanol–water partition coefficient (Wildman–Crippen LogP) is 2.48. The van der Waals surface area contributed by atoms with Gasteiger partial charge in [0.25, 0.3) is 0 Å². The third-order valence-corrected chi connectivity index (χ3v) is 3.06. The lowest BCUT2D eigenvalue weighted by molar-refractivity contribution is -0.134. The van der Waals surface area contributed by atoms with Crippen LogP contribution in [0.15, 0.2) is 0 Å². The molecule has 3 N–H and O–H groups in total. The van der Waals surface area contributed by atoms with E-state index in [1.165, 1.54) is 0 Å². The zero-order valence-corrected chi connectivity index (χ0v) is 12.6. The molecule has 0 radical (unpaired) electrons. The van der Waals surface area contributed by atoms with Gasteiger partial charge in [0.2, 0.25) is 5.91 Å². The highest BCUT2D eigenvalue weighted by Crippen LogP contribution is 2.31. The third kappa shape index (κ3) is 8.48. The smallest absolute Gasteiger partial charge is 0.243 e. The Morgan fingerprint density at radius 3 is 2.33 bits per heavy atom. The molecule has 0 spiro atoms. The topological polar surface area (TPSA) is 64.3 Å². The first-order valence-electron chi connectivity index (χ1n) is 6.88. The molecule has 0 saturated heterocycles. The summed E-state index contributed by atoms with van der Waals surface area (Å²) in [6, 6.07) is 0. The summed E-state index contributed by atoms with van der Waals surface area (Å²) < 4.78 is 0. The van der Waals surface area contributed by atoms with Crippen molar-refractivity contribution in [3.63, 3.8) is 0 Å². The maximum atomic E-state index is 11.6. The van der Waals surface area contributed by atoms with Crippen LogP contribution in [0.2, 0.25) is 0 Å². The minimum absolute atomic E-state index is 0.0399. The zero-order chi connectivity index (χ0) is 14.2. The van der Waals surface area contributed by atoms with Gasteiger partial charge in [0.05, 0.1) is 6.61 Å². The van der Waals surface area contributed by atoms with E-state index >= 15 is 0 Å². The van der Waals surface area contributed by atoms with E-state index in [4.69, 9.17) is 10.6 Å². The fourth-order valence-corrected chi connectivity index (χ4v) is 1.86. The summed E-state index contributed by atoms with van der Waals surface area (Å²) in [5.74, 6) is 0.852. The summed E-state index contributed by atoms with van der Waals surface area (Å²) in [4.78, 5) is 16.7. The van der Waals surface area contributed by atoms with E-state index in [0.717, 1.165) is 12.8 Å². The Morgan fingerprint density at radius 2 is 1.89 bits per heavy atom. The molecule has 4 nitrogen and oxygen atoms in total. The average Bonchev–Trinajstić information content (AvgIpc) is 2.21. The van der Waals surface area contributed by atoms with Gasteiger partial charge in [-0.2, -0.15) is 0 Å². The van der Waals surface area contributed by atoms with Crippen LogP contribution in [0, 0.1) is 17.3 Å². The van der Waals surface area contributed by atoms with Crippen molar-refractivity contribution in [2.24, 2.45) is 23.0 Å². The second-order valence-corrected chi connectivity index (χ2v) is 6.41. The van der Waals surface area contributed by atoms with Crippen molar-refractivity contribution in [2.75, 3.05) is 13.2 Å². The predicted molar refractivity (Wildman–Crippen MR) is 74.8 cm³/mol. The minimum Gasteiger partial charge on any atom is -0.330 e. The van der Waals surface area contributed by atoms with Gasteiger partial charge in [0.15, 0.2) is 0 Å². The minimum atomic E-state index is -0.0399. The fraction of sp³-hybridized carbons (Fsp3) is 0.929. The molecule has 1 atom stereocenters. The summed E-state index contributed by atoms with van der Waals surface area (Å²) in [6.45, 7) is 11.9. The number of hydroxylamine groups is 1. The zero-order valence-electron chi connectivity index (χ0n) is 12.6. The molecule has 0 heterocycles. The normalized spacial score (nSPS) is 13.7. The van der Waals surface area contributed by atoms with Crippen LogP contribution in [-0.2, 0) is 9.63 Å². The van der Waals surface area contributed by atoms with Gasteiger partial charge in [-0.25, -0.2) is 5.48 Å². The maximum Gasteiger partial charge on any atom is 0.243 e. The van der Waals surface area contributed by atoms with Gasteiger partial charge in [-0.15, -0.1) is 0 Å². The summed E-state index contributed by atoms with van der Waals surface area (Å²) in [6.07, 6.45) is 2.32. The Hall–Kier alpha value is -0.610. The molecule has 0 fully saturated rings. The monoisotopic (exact) mass is 258 g/mol. The van der Waals surface area contributed by atoms with Crippen LogP contribution in [0.25, 0.3) is 0 Å². The largest absolute Gasteiger partial charge is 0.330 e. The summed E-state index contributed by atoms with van der Waals surface area (Å²) in [5, 5.41) is 0. The maximum absolute atomic E-state index is 11.6. The van der Waals surface area contributed by atoms with E-state index in [0.29, 0.717) is 31.4 Å².